The summed E-state index contributed by atoms with van der Waals surface area (Å²) in [6.45, 7) is 2.46. The summed E-state index contributed by atoms with van der Waals surface area (Å²) in [6.07, 6.45) is 8.84. The maximum atomic E-state index is 12.5. The van der Waals surface area contributed by atoms with Crippen LogP contribution in [0.25, 0.3) is 6.08 Å². The summed E-state index contributed by atoms with van der Waals surface area (Å²) in [5.74, 6) is 1.73. The van der Waals surface area contributed by atoms with Crippen LogP contribution in [0.5, 0.6) is 17.2 Å². The second-order valence-corrected chi connectivity index (χ2v) is 10.8. The summed E-state index contributed by atoms with van der Waals surface area (Å²) in [5.41, 5.74) is 2.32. The van der Waals surface area contributed by atoms with Crippen LogP contribution < -0.4 is 10.1 Å². The number of aromatic hydroxyl groups is 2. The van der Waals surface area contributed by atoms with E-state index in [1.165, 1.54) is 29.3 Å². The molecule has 0 aromatic heterocycles. The lowest BCUT2D eigenvalue weighted by molar-refractivity contribution is -0.123. The first-order valence-electron chi connectivity index (χ1n) is 12.6. The van der Waals surface area contributed by atoms with Gasteiger partial charge in [-0.3, -0.25) is 4.79 Å². The zero-order chi connectivity index (χ0) is 24.8. The van der Waals surface area contributed by atoms with Gasteiger partial charge in [-0.2, -0.15) is 0 Å². The zero-order valence-corrected chi connectivity index (χ0v) is 20.5. The van der Waals surface area contributed by atoms with Gasteiger partial charge in [-0.1, -0.05) is 19.1 Å². The number of phenolic OH excluding ortho intramolecular Hbond substituents is 2. The van der Waals surface area contributed by atoms with E-state index in [9.17, 15) is 20.1 Å². The molecule has 0 radical (unpaired) electrons. The summed E-state index contributed by atoms with van der Waals surface area (Å²) >= 11 is 0. The number of hydrogen-bond acceptors (Lipinski definition) is 5. The minimum absolute atomic E-state index is 0.200. The lowest BCUT2D eigenvalue weighted by Crippen LogP contribution is -2.55. The SMILES string of the molecule is COc1ccc2c(c1)CCC1C2CCC2(C)C1CC[C@@]2(O)CNC(=O)/C=C/c1ccc(O)c(O)c1. The average molecular weight is 478 g/mol. The Morgan fingerprint density at radius 3 is 2.71 bits per heavy atom. The van der Waals surface area contributed by atoms with Crippen molar-refractivity contribution in [2.24, 2.45) is 17.3 Å². The third-order valence-electron chi connectivity index (χ3n) is 9.24. The van der Waals surface area contributed by atoms with E-state index in [1.54, 1.807) is 19.3 Å². The number of benzene rings is 2. The van der Waals surface area contributed by atoms with Gasteiger partial charge in [0.2, 0.25) is 5.91 Å². The fraction of sp³-hybridized carbons (Fsp3) is 0.483. The van der Waals surface area contributed by atoms with Gasteiger partial charge in [-0.05, 0) is 103 Å². The maximum absolute atomic E-state index is 12.5. The van der Waals surface area contributed by atoms with Crippen LogP contribution in [0.1, 0.15) is 61.6 Å². The zero-order valence-electron chi connectivity index (χ0n) is 20.5. The van der Waals surface area contributed by atoms with Crippen LogP contribution in [0.2, 0.25) is 0 Å². The molecule has 1 amide bonds. The number of amides is 1. The van der Waals surface area contributed by atoms with Crippen LogP contribution in [0.15, 0.2) is 42.5 Å². The molecule has 186 valence electrons. The van der Waals surface area contributed by atoms with Crippen molar-refractivity contribution in [1.29, 1.82) is 0 Å². The van der Waals surface area contributed by atoms with Crippen molar-refractivity contribution in [2.75, 3.05) is 13.7 Å². The number of phenols is 2. The molecule has 6 nitrogen and oxygen atoms in total. The highest BCUT2D eigenvalue weighted by atomic mass is 16.5. The van der Waals surface area contributed by atoms with Crippen molar-refractivity contribution in [3.05, 3.63) is 59.2 Å². The Balaban J connectivity index is 1.26. The summed E-state index contributed by atoms with van der Waals surface area (Å²) < 4.78 is 5.43. The van der Waals surface area contributed by atoms with Crippen molar-refractivity contribution >= 4 is 12.0 Å². The summed E-state index contributed by atoms with van der Waals surface area (Å²) in [5, 5.41) is 33.8. The molecule has 0 bridgehead atoms. The smallest absolute Gasteiger partial charge is 0.244 e. The molecule has 0 spiro atoms. The first-order chi connectivity index (χ1) is 16.7. The second kappa shape index (κ2) is 8.90. The number of hydrogen-bond donors (Lipinski definition) is 4. The Morgan fingerprint density at radius 1 is 1.11 bits per heavy atom. The molecular weight excluding hydrogens is 442 g/mol. The van der Waals surface area contributed by atoms with Crippen molar-refractivity contribution in [2.45, 2.75) is 57.0 Å². The number of methoxy groups -OCH3 is 1. The van der Waals surface area contributed by atoms with Gasteiger partial charge in [-0.25, -0.2) is 0 Å². The number of rotatable bonds is 5. The Morgan fingerprint density at radius 2 is 1.94 bits per heavy atom. The first-order valence-corrected chi connectivity index (χ1v) is 12.6. The summed E-state index contributed by atoms with van der Waals surface area (Å²) in [6, 6.07) is 10.9. The Hall–Kier alpha value is -2.99. The van der Waals surface area contributed by atoms with E-state index in [0.717, 1.165) is 37.9 Å². The lowest BCUT2D eigenvalue weighted by Gasteiger charge is -2.53. The largest absolute Gasteiger partial charge is 0.504 e. The average Bonchev–Trinajstić information content (AvgIpc) is 3.13. The second-order valence-electron chi connectivity index (χ2n) is 10.8. The molecule has 2 aromatic carbocycles. The van der Waals surface area contributed by atoms with Crippen molar-refractivity contribution in [1.82, 2.24) is 5.32 Å². The van der Waals surface area contributed by atoms with Gasteiger partial charge in [0.15, 0.2) is 11.5 Å². The Bertz CT molecular complexity index is 1160. The Labute approximate surface area is 206 Å². The molecule has 0 aliphatic heterocycles. The number of ether oxygens (including phenoxy) is 1. The van der Waals surface area contributed by atoms with Gasteiger partial charge in [0, 0.05) is 18.0 Å². The summed E-state index contributed by atoms with van der Waals surface area (Å²) in [4.78, 5) is 12.5. The maximum Gasteiger partial charge on any atom is 0.244 e. The molecule has 0 saturated heterocycles. The molecule has 3 aliphatic rings. The topological polar surface area (TPSA) is 99.0 Å². The highest BCUT2D eigenvalue weighted by Crippen LogP contribution is 2.64. The van der Waals surface area contributed by atoms with Gasteiger partial charge in [0.1, 0.15) is 5.75 Å². The molecule has 2 fully saturated rings. The van der Waals surface area contributed by atoms with Gasteiger partial charge < -0.3 is 25.4 Å². The van der Waals surface area contributed by atoms with Crippen molar-refractivity contribution in [3.8, 4) is 17.2 Å². The molecule has 5 atom stereocenters. The fourth-order valence-corrected chi connectivity index (χ4v) is 7.19. The number of fused-ring (bicyclic) bond motifs is 5. The van der Waals surface area contributed by atoms with Crippen molar-refractivity contribution in [3.63, 3.8) is 0 Å². The number of aliphatic hydroxyl groups is 1. The van der Waals surface area contributed by atoms with Crippen molar-refractivity contribution < 1.29 is 24.9 Å². The molecule has 5 rings (SSSR count). The van der Waals surface area contributed by atoms with E-state index in [-0.39, 0.29) is 29.4 Å². The first kappa shape index (κ1) is 23.7. The number of carbonyl (C=O) groups is 1. The minimum Gasteiger partial charge on any atom is -0.504 e. The van der Waals surface area contributed by atoms with Crippen LogP contribution in [-0.4, -0.2) is 40.5 Å². The van der Waals surface area contributed by atoms with E-state index >= 15 is 0 Å². The Kier molecular flexibility index (Phi) is 6.04. The van der Waals surface area contributed by atoms with Crippen LogP contribution in [0.3, 0.4) is 0 Å². The van der Waals surface area contributed by atoms with E-state index in [2.05, 4.69) is 30.4 Å². The highest BCUT2D eigenvalue weighted by Gasteiger charge is 2.61. The minimum atomic E-state index is -0.927. The molecular formula is C29H35NO5. The highest BCUT2D eigenvalue weighted by molar-refractivity contribution is 5.91. The molecule has 2 saturated carbocycles. The van der Waals surface area contributed by atoms with E-state index in [0.29, 0.717) is 29.7 Å². The normalized spacial score (nSPS) is 31.5. The monoisotopic (exact) mass is 477 g/mol. The third kappa shape index (κ3) is 4.08. The number of carbonyl (C=O) groups excluding carboxylic acids is 1. The van der Waals surface area contributed by atoms with Crippen LogP contribution >= 0.6 is 0 Å². The molecule has 0 heterocycles. The molecule has 6 heteroatoms. The standard InChI is InChI=1S/C29H35NO5/c1-28-13-11-22-21-8-6-20(35-2)16-19(21)5-7-23(22)24(28)12-14-29(28,34)17-30-27(33)10-4-18-3-9-25(31)26(32)15-18/h3-4,6,8-10,15-16,22-24,31-32,34H,5,7,11-14,17H2,1-2H3,(H,30,33)/b10-4+/t22?,23?,24?,28?,29-/m1/s1. The number of nitrogens with one attached hydrogen (secondary N) is 1. The van der Waals surface area contributed by atoms with Gasteiger partial charge in [0.25, 0.3) is 0 Å². The number of aryl methyl sites for hydroxylation is 1. The van der Waals surface area contributed by atoms with Gasteiger partial charge in [-0.15, -0.1) is 0 Å². The van der Waals surface area contributed by atoms with Crippen LogP contribution in [0, 0.1) is 17.3 Å². The molecule has 35 heavy (non-hydrogen) atoms. The molecule has 3 aliphatic carbocycles. The summed E-state index contributed by atoms with van der Waals surface area (Å²) in [7, 11) is 1.71. The fourth-order valence-electron chi connectivity index (χ4n) is 7.19. The van der Waals surface area contributed by atoms with Gasteiger partial charge >= 0.3 is 0 Å². The van der Waals surface area contributed by atoms with Crippen LogP contribution in [0.4, 0.5) is 0 Å². The van der Waals surface area contributed by atoms with E-state index in [1.807, 2.05) is 0 Å². The molecule has 2 aromatic rings. The van der Waals surface area contributed by atoms with E-state index < -0.39 is 5.60 Å². The lowest BCUT2D eigenvalue weighted by atomic mass is 9.53. The van der Waals surface area contributed by atoms with Gasteiger partial charge in [0.05, 0.1) is 12.7 Å². The molecule has 4 unspecified atom stereocenters. The predicted octanol–water partition coefficient (Wildman–Crippen LogP) is 4.52. The quantitative estimate of drug-likeness (QED) is 0.375. The third-order valence-corrected chi connectivity index (χ3v) is 9.24. The van der Waals surface area contributed by atoms with E-state index in [4.69, 9.17) is 4.74 Å². The predicted molar refractivity (Wildman–Crippen MR) is 134 cm³/mol. The molecule has 4 N–H and O–H groups in total. The van der Waals surface area contributed by atoms with Crippen LogP contribution in [-0.2, 0) is 11.2 Å².